The number of benzene rings is 2. The normalized spacial score (nSPS) is 11.5. The molecule has 0 aliphatic carbocycles. The van der Waals surface area contributed by atoms with Gasteiger partial charge in [0.25, 0.3) is 11.8 Å². The van der Waals surface area contributed by atoms with E-state index in [4.69, 9.17) is 4.74 Å². The molecule has 0 heterocycles. The molecular weight excluding hydrogens is 304 g/mol. The Kier molecular flexibility index (Phi) is 5.95. The zero-order valence-electron chi connectivity index (χ0n) is 14.1. The summed E-state index contributed by atoms with van der Waals surface area (Å²) in [7, 11) is 1.59. The molecule has 0 fully saturated rings. The summed E-state index contributed by atoms with van der Waals surface area (Å²) in [4.78, 5) is 24.5. The van der Waals surface area contributed by atoms with E-state index in [2.05, 4.69) is 10.6 Å². The van der Waals surface area contributed by atoms with Crippen LogP contribution in [-0.4, -0.2) is 25.0 Å². The van der Waals surface area contributed by atoms with Gasteiger partial charge >= 0.3 is 0 Å². The van der Waals surface area contributed by atoms with E-state index in [1.54, 1.807) is 55.6 Å². The lowest BCUT2D eigenvalue weighted by Crippen LogP contribution is -2.32. The van der Waals surface area contributed by atoms with Crippen molar-refractivity contribution in [3.63, 3.8) is 0 Å². The number of hydrogen-bond acceptors (Lipinski definition) is 3. The van der Waals surface area contributed by atoms with Crippen molar-refractivity contribution in [1.82, 2.24) is 5.32 Å². The molecule has 2 rings (SSSR count). The Labute approximate surface area is 142 Å². The van der Waals surface area contributed by atoms with Gasteiger partial charge in [-0.15, -0.1) is 0 Å². The molecular formula is C19H22N2O3. The Morgan fingerprint density at radius 2 is 1.67 bits per heavy atom. The van der Waals surface area contributed by atoms with Crippen LogP contribution in [0.15, 0.2) is 48.5 Å². The van der Waals surface area contributed by atoms with Gasteiger partial charge in [-0.1, -0.05) is 13.0 Å². The average Bonchev–Trinajstić information content (AvgIpc) is 2.62. The number of carbonyl (C=O) groups is 2. The molecule has 0 saturated carbocycles. The Hall–Kier alpha value is -2.82. The molecule has 24 heavy (non-hydrogen) atoms. The maximum atomic E-state index is 12.3. The number of anilines is 1. The second kappa shape index (κ2) is 8.15. The maximum Gasteiger partial charge on any atom is 0.255 e. The summed E-state index contributed by atoms with van der Waals surface area (Å²) in [6.07, 6.45) is 0.851. The first-order valence-corrected chi connectivity index (χ1v) is 7.89. The van der Waals surface area contributed by atoms with E-state index >= 15 is 0 Å². The zero-order chi connectivity index (χ0) is 17.5. The van der Waals surface area contributed by atoms with Gasteiger partial charge in [-0.3, -0.25) is 9.59 Å². The van der Waals surface area contributed by atoms with Gasteiger partial charge in [-0.25, -0.2) is 0 Å². The van der Waals surface area contributed by atoms with Crippen LogP contribution in [0.3, 0.4) is 0 Å². The van der Waals surface area contributed by atoms with Gasteiger partial charge < -0.3 is 15.4 Å². The van der Waals surface area contributed by atoms with Gasteiger partial charge in [-0.05, 0) is 55.8 Å². The van der Waals surface area contributed by atoms with Crippen molar-refractivity contribution in [3.8, 4) is 5.75 Å². The Morgan fingerprint density at radius 3 is 2.25 bits per heavy atom. The third-order valence-electron chi connectivity index (χ3n) is 3.72. The number of carbonyl (C=O) groups excluding carboxylic acids is 2. The monoisotopic (exact) mass is 326 g/mol. The van der Waals surface area contributed by atoms with E-state index in [9.17, 15) is 9.59 Å². The molecule has 0 aliphatic heterocycles. The first-order chi connectivity index (χ1) is 11.5. The van der Waals surface area contributed by atoms with Crippen molar-refractivity contribution in [3.05, 3.63) is 59.7 Å². The summed E-state index contributed by atoms with van der Waals surface area (Å²) in [5.74, 6) is 0.276. The predicted molar refractivity (Wildman–Crippen MR) is 94.6 cm³/mol. The lowest BCUT2D eigenvalue weighted by molar-refractivity contribution is 0.0939. The van der Waals surface area contributed by atoms with Crippen LogP contribution >= 0.6 is 0 Å². The van der Waals surface area contributed by atoms with Gasteiger partial charge in [0.1, 0.15) is 5.75 Å². The number of ether oxygens (including phenoxy) is 1. The van der Waals surface area contributed by atoms with E-state index in [0.717, 1.165) is 12.2 Å². The highest BCUT2D eigenvalue weighted by molar-refractivity contribution is 6.06. The lowest BCUT2D eigenvalue weighted by Gasteiger charge is -2.12. The molecule has 0 bridgehead atoms. The fourth-order valence-corrected chi connectivity index (χ4v) is 2.09. The third-order valence-corrected chi connectivity index (χ3v) is 3.72. The molecule has 5 nitrogen and oxygen atoms in total. The largest absolute Gasteiger partial charge is 0.497 e. The summed E-state index contributed by atoms with van der Waals surface area (Å²) in [5.41, 5.74) is 1.57. The summed E-state index contributed by atoms with van der Waals surface area (Å²) >= 11 is 0. The lowest BCUT2D eigenvalue weighted by atomic mass is 10.1. The van der Waals surface area contributed by atoms with Crippen LogP contribution in [0.5, 0.6) is 5.75 Å². The maximum absolute atomic E-state index is 12.3. The van der Waals surface area contributed by atoms with Crippen LogP contribution in [0, 0.1) is 0 Å². The Balaban J connectivity index is 2.09. The van der Waals surface area contributed by atoms with E-state index < -0.39 is 0 Å². The van der Waals surface area contributed by atoms with Gasteiger partial charge in [0.2, 0.25) is 0 Å². The molecule has 0 aliphatic rings. The van der Waals surface area contributed by atoms with Crippen LogP contribution in [0.25, 0.3) is 0 Å². The standard InChI is InChI=1S/C19H22N2O3/c1-4-13(2)20-18(22)14-6-5-7-15(12-14)19(23)21-16-8-10-17(24-3)11-9-16/h5-13H,4H2,1-3H3,(H,20,22)(H,21,23). The number of hydrogen-bond donors (Lipinski definition) is 2. The highest BCUT2D eigenvalue weighted by Crippen LogP contribution is 2.16. The summed E-state index contributed by atoms with van der Waals surface area (Å²) < 4.78 is 5.08. The predicted octanol–water partition coefficient (Wildman–Crippen LogP) is 3.48. The van der Waals surface area contributed by atoms with Crippen molar-refractivity contribution in [2.24, 2.45) is 0 Å². The van der Waals surface area contributed by atoms with Crippen LogP contribution in [0.2, 0.25) is 0 Å². The highest BCUT2D eigenvalue weighted by Gasteiger charge is 2.12. The molecule has 126 valence electrons. The number of rotatable bonds is 6. The van der Waals surface area contributed by atoms with E-state index in [0.29, 0.717) is 16.8 Å². The fourth-order valence-electron chi connectivity index (χ4n) is 2.09. The number of nitrogens with one attached hydrogen (secondary N) is 2. The van der Waals surface area contributed by atoms with Crippen molar-refractivity contribution in [2.45, 2.75) is 26.3 Å². The molecule has 5 heteroatoms. The van der Waals surface area contributed by atoms with E-state index in [-0.39, 0.29) is 17.9 Å². The molecule has 2 N–H and O–H groups in total. The molecule has 2 aromatic rings. The van der Waals surface area contributed by atoms with Gasteiger partial charge in [-0.2, -0.15) is 0 Å². The smallest absolute Gasteiger partial charge is 0.255 e. The second-order valence-corrected chi connectivity index (χ2v) is 5.55. The zero-order valence-corrected chi connectivity index (χ0v) is 14.1. The van der Waals surface area contributed by atoms with Crippen LogP contribution in [-0.2, 0) is 0 Å². The SMILES string of the molecule is CCC(C)NC(=O)c1cccc(C(=O)Nc2ccc(OC)cc2)c1. The highest BCUT2D eigenvalue weighted by atomic mass is 16.5. The van der Waals surface area contributed by atoms with Gasteiger partial charge in [0, 0.05) is 22.9 Å². The third kappa shape index (κ3) is 4.59. The molecule has 0 spiro atoms. The first-order valence-electron chi connectivity index (χ1n) is 7.89. The van der Waals surface area contributed by atoms with Crippen molar-refractivity contribution >= 4 is 17.5 Å². The molecule has 0 saturated heterocycles. The number of methoxy groups -OCH3 is 1. The second-order valence-electron chi connectivity index (χ2n) is 5.55. The van der Waals surface area contributed by atoms with Crippen LogP contribution in [0.4, 0.5) is 5.69 Å². The molecule has 2 aromatic carbocycles. The average molecular weight is 326 g/mol. The molecule has 1 atom stereocenters. The van der Waals surface area contributed by atoms with Crippen LogP contribution < -0.4 is 15.4 Å². The fraction of sp³-hybridized carbons (Fsp3) is 0.263. The van der Waals surface area contributed by atoms with Crippen molar-refractivity contribution in [2.75, 3.05) is 12.4 Å². The Morgan fingerprint density at radius 1 is 1.04 bits per heavy atom. The van der Waals surface area contributed by atoms with Gasteiger partial charge in [0.15, 0.2) is 0 Å². The first kappa shape index (κ1) is 17.5. The topological polar surface area (TPSA) is 67.4 Å². The summed E-state index contributed by atoms with van der Waals surface area (Å²) in [6.45, 7) is 3.95. The van der Waals surface area contributed by atoms with Crippen LogP contribution in [0.1, 0.15) is 41.0 Å². The minimum Gasteiger partial charge on any atom is -0.497 e. The van der Waals surface area contributed by atoms with Crippen molar-refractivity contribution in [1.29, 1.82) is 0 Å². The number of amides is 2. The van der Waals surface area contributed by atoms with E-state index in [1.165, 1.54) is 0 Å². The molecule has 2 amide bonds. The minimum absolute atomic E-state index is 0.0919. The molecule has 1 unspecified atom stereocenters. The summed E-state index contributed by atoms with van der Waals surface area (Å²) in [6, 6.07) is 13.8. The minimum atomic E-state index is -0.265. The quantitative estimate of drug-likeness (QED) is 0.854. The molecule has 0 aromatic heterocycles. The van der Waals surface area contributed by atoms with Crippen molar-refractivity contribution < 1.29 is 14.3 Å². The van der Waals surface area contributed by atoms with Gasteiger partial charge in [0.05, 0.1) is 7.11 Å². The summed E-state index contributed by atoms with van der Waals surface area (Å²) in [5, 5.41) is 5.69. The van der Waals surface area contributed by atoms with E-state index in [1.807, 2.05) is 13.8 Å². The molecule has 0 radical (unpaired) electrons. The Bertz CT molecular complexity index is 711.